The monoisotopic (exact) mass is 297 g/mol. The molecule has 22 heavy (non-hydrogen) atoms. The molecule has 0 aliphatic carbocycles. The van der Waals surface area contributed by atoms with E-state index in [4.69, 9.17) is 4.74 Å². The molecule has 2 heterocycles. The van der Waals surface area contributed by atoms with Gasteiger partial charge in [-0.05, 0) is 12.0 Å². The zero-order valence-corrected chi connectivity index (χ0v) is 12.4. The number of hydrogen-bond donors (Lipinski definition) is 0. The minimum absolute atomic E-state index is 0.168. The van der Waals surface area contributed by atoms with Crippen molar-refractivity contribution < 1.29 is 9.53 Å². The third-order valence-corrected chi connectivity index (χ3v) is 3.80. The molecule has 0 N–H and O–H groups in total. The van der Waals surface area contributed by atoms with E-state index in [9.17, 15) is 4.79 Å². The molecule has 2 aromatic rings. The van der Waals surface area contributed by atoms with Crippen molar-refractivity contribution in [1.29, 1.82) is 0 Å². The second-order valence-electron chi connectivity index (χ2n) is 5.32. The maximum Gasteiger partial charge on any atom is 0.223 e. The van der Waals surface area contributed by atoms with Gasteiger partial charge in [0.15, 0.2) is 0 Å². The fourth-order valence-corrected chi connectivity index (χ4v) is 2.59. The molecule has 1 amide bonds. The Balaban J connectivity index is 1.56. The lowest BCUT2D eigenvalue weighted by Crippen LogP contribution is -2.42. The van der Waals surface area contributed by atoms with E-state index in [2.05, 4.69) is 22.1 Å². The number of ether oxygens (including phenoxy) is 1. The second kappa shape index (κ2) is 7.13. The fourth-order valence-electron chi connectivity index (χ4n) is 2.59. The summed E-state index contributed by atoms with van der Waals surface area (Å²) < 4.78 is 5.71. The van der Waals surface area contributed by atoms with E-state index in [1.54, 1.807) is 18.6 Å². The van der Waals surface area contributed by atoms with E-state index >= 15 is 0 Å². The first-order valence-corrected chi connectivity index (χ1v) is 7.52. The summed E-state index contributed by atoms with van der Waals surface area (Å²) in [5.41, 5.74) is 1.97. The summed E-state index contributed by atoms with van der Waals surface area (Å²) >= 11 is 0. The van der Waals surface area contributed by atoms with Gasteiger partial charge in [0.1, 0.15) is 6.10 Å². The smallest absolute Gasteiger partial charge is 0.223 e. The minimum atomic E-state index is -0.178. The predicted molar refractivity (Wildman–Crippen MR) is 82.1 cm³/mol. The number of amides is 1. The van der Waals surface area contributed by atoms with Crippen LogP contribution >= 0.6 is 0 Å². The molecule has 1 atom stereocenters. The Morgan fingerprint density at radius 3 is 2.91 bits per heavy atom. The average molecular weight is 297 g/mol. The van der Waals surface area contributed by atoms with Crippen molar-refractivity contribution in [2.45, 2.75) is 18.9 Å². The molecule has 0 bridgehead atoms. The van der Waals surface area contributed by atoms with Gasteiger partial charge in [0.2, 0.25) is 5.91 Å². The summed E-state index contributed by atoms with van der Waals surface area (Å²) in [6.07, 6.45) is 6.10. The number of aromatic nitrogens is 2. The number of nitrogens with zero attached hydrogens (tertiary/aromatic N) is 3. The van der Waals surface area contributed by atoms with Crippen molar-refractivity contribution in [3.63, 3.8) is 0 Å². The van der Waals surface area contributed by atoms with Crippen molar-refractivity contribution in [3.8, 4) is 0 Å². The molecule has 1 saturated heterocycles. The van der Waals surface area contributed by atoms with Crippen LogP contribution in [0.15, 0.2) is 48.9 Å². The molecule has 1 fully saturated rings. The lowest BCUT2D eigenvalue weighted by molar-refractivity contribution is -0.139. The highest BCUT2D eigenvalue weighted by Crippen LogP contribution is 2.20. The highest BCUT2D eigenvalue weighted by Gasteiger charge is 2.26. The summed E-state index contributed by atoms with van der Waals surface area (Å²) in [6, 6.07) is 10.1. The van der Waals surface area contributed by atoms with E-state index in [-0.39, 0.29) is 12.0 Å². The van der Waals surface area contributed by atoms with Crippen molar-refractivity contribution >= 4 is 5.91 Å². The van der Waals surface area contributed by atoms with Gasteiger partial charge >= 0.3 is 0 Å². The Hall–Kier alpha value is -2.27. The van der Waals surface area contributed by atoms with E-state index in [0.29, 0.717) is 26.1 Å². The van der Waals surface area contributed by atoms with E-state index in [1.807, 2.05) is 23.1 Å². The minimum Gasteiger partial charge on any atom is -0.368 e. The number of carbonyl (C=O) groups excluding carboxylic acids is 1. The summed E-state index contributed by atoms with van der Waals surface area (Å²) in [7, 11) is 0. The maximum absolute atomic E-state index is 12.4. The molecule has 0 spiro atoms. The van der Waals surface area contributed by atoms with Crippen molar-refractivity contribution in [2.24, 2.45) is 0 Å². The van der Waals surface area contributed by atoms with Crippen LogP contribution in [0, 0.1) is 0 Å². The van der Waals surface area contributed by atoms with Gasteiger partial charge in [0.05, 0.1) is 25.0 Å². The maximum atomic E-state index is 12.4. The molecule has 3 rings (SSSR count). The number of hydrogen-bond acceptors (Lipinski definition) is 4. The van der Waals surface area contributed by atoms with Gasteiger partial charge in [-0.25, -0.2) is 0 Å². The van der Waals surface area contributed by atoms with Crippen LogP contribution in [0.1, 0.15) is 23.8 Å². The Morgan fingerprint density at radius 2 is 2.14 bits per heavy atom. The lowest BCUT2D eigenvalue weighted by atomic mass is 10.1. The molecule has 114 valence electrons. The lowest BCUT2D eigenvalue weighted by Gasteiger charge is -2.32. The Kier molecular flexibility index (Phi) is 4.75. The van der Waals surface area contributed by atoms with Gasteiger partial charge < -0.3 is 9.64 Å². The Labute approximate surface area is 130 Å². The summed E-state index contributed by atoms with van der Waals surface area (Å²) in [5, 5.41) is 0. The van der Waals surface area contributed by atoms with Crippen molar-refractivity contribution in [1.82, 2.24) is 14.9 Å². The van der Waals surface area contributed by atoms with Crippen LogP contribution < -0.4 is 0 Å². The van der Waals surface area contributed by atoms with Crippen LogP contribution in [0.2, 0.25) is 0 Å². The topological polar surface area (TPSA) is 55.3 Å². The third kappa shape index (κ3) is 3.68. The quantitative estimate of drug-likeness (QED) is 0.866. The van der Waals surface area contributed by atoms with Crippen LogP contribution in [-0.2, 0) is 16.0 Å². The van der Waals surface area contributed by atoms with Crippen LogP contribution in [-0.4, -0.2) is 40.5 Å². The van der Waals surface area contributed by atoms with Crippen LogP contribution in [0.4, 0.5) is 0 Å². The number of aryl methyl sites for hydroxylation is 1. The molecule has 1 aromatic heterocycles. The molecule has 1 aromatic carbocycles. The molecule has 5 nitrogen and oxygen atoms in total. The molecule has 5 heteroatoms. The number of benzene rings is 1. The number of carbonyl (C=O) groups is 1. The van der Waals surface area contributed by atoms with Crippen molar-refractivity contribution in [3.05, 3.63) is 60.2 Å². The van der Waals surface area contributed by atoms with Gasteiger partial charge in [-0.2, -0.15) is 0 Å². The number of morpholine rings is 1. The van der Waals surface area contributed by atoms with E-state index in [1.165, 1.54) is 5.56 Å². The fraction of sp³-hybridized carbons (Fsp3) is 0.353. The SMILES string of the molecule is O=C(CCc1ccccc1)N1CCO[C@H](c2cnccn2)C1. The molecular weight excluding hydrogens is 278 g/mol. The molecule has 0 radical (unpaired) electrons. The van der Waals surface area contributed by atoms with Gasteiger partial charge in [-0.1, -0.05) is 30.3 Å². The highest BCUT2D eigenvalue weighted by atomic mass is 16.5. The van der Waals surface area contributed by atoms with Gasteiger partial charge in [-0.3, -0.25) is 14.8 Å². The van der Waals surface area contributed by atoms with Crippen molar-refractivity contribution in [2.75, 3.05) is 19.7 Å². The first kappa shape index (κ1) is 14.7. The predicted octanol–water partition coefficient (Wildman–Crippen LogP) is 2.01. The summed E-state index contributed by atoms with van der Waals surface area (Å²) in [6.45, 7) is 1.73. The molecule has 1 aliphatic rings. The van der Waals surface area contributed by atoms with E-state index in [0.717, 1.165) is 12.1 Å². The Bertz CT molecular complexity index is 604. The second-order valence-corrected chi connectivity index (χ2v) is 5.32. The molecular formula is C17H19N3O2. The largest absolute Gasteiger partial charge is 0.368 e. The number of rotatable bonds is 4. The van der Waals surface area contributed by atoms with Crippen LogP contribution in [0.5, 0.6) is 0 Å². The summed E-state index contributed by atoms with van der Waals surface area (Å²) in [5.74, 6) is 0.168. The first-order valence-electron chi connectivity index (χ1n) is 7.52. The molecule has 1 aliphatic heterocycles. The third-order valence-electron chi connectivity index (χ3n) is 3.80. The van der Waals surface area contributed by atoms with Gasteiger partial charge in [0, 0.05) is 25.4 Å². The van der Waals surface area contributed by atoms with Gasteiger partial charge in [0.25, 0.3) is 0 Å². The van der Waals surface area contributed by atoms with Gasteiger partial charge in [-0.15, -0.1) is 0 Å². The van der Waals surface area contributed by atoms with Crippen LogP contribution in [0.25, 0.3) is 0 Å². The van der Waals surface area contributed by atoms with E-state index < -0.39 is 0 Å². The first-order chi connectivity index (χ1) is 10.8. The zero-order valence-electron chi connectivity index (χ0n) is 12.4. The Morgan fingerprint density at radius 1 is 1.27 bits per heavy atom. The molecule has 0 saturated carbocycles. The average Bonchev–Trinajstić information content (AvgIpc) is 2.61. The summed E-state index contributed by atoms with van der Waals surface area (Å²) in [4.78, 5) is 22.6. The molecule has 0 unspecified atom stereocenters. The normalized spacial score (nSPS) is 18.2. The van der Waals surface area contributed by atoms with Crippen LogP contribution in [0.3, 0.4) is 0 Å². The standard InChI is InChI=1S/C17H19N3O2/c21-17(7-6-14-4-2-1-3-5-14)20-10-11-22-16(13-20)15-12-18-8-9-19-15/h1-5,8-9,12,16H,6-7,10-11,13H2/t16-/m0/s1. The highest BCUT2D eigenvalue weighted by molar-refractivity contribution is 5.76. The zero-order chi connectivity index (χ0) is 15.2.